The van der Waals surface area contributed by atoms with Crippen molar-refractivity contribution in [2.45, 2.75) is 32.9 Å². The van der Waals surface area contributed by atoms with E-state index < -0.39 is 27.8 Å². The summed E-state index contributed by atoms with van der Waals surface area (Å²) in [5.41, 5.74) is 1.84. The summed E-state index contributed by atoms with van der Waals surface area (Å²) in [6.45, 7) is 3.91. The van der Waals surface area contributed by atoms with Crippen LogP contribution in [0, 0.1) is 12.7 Å². The molecule has 0 saturated heterocycles. The van der Waals surface area contributed by atoms with Gasteiger partial charge in [0.05, 0.1) is 11.9 Å². The highest BCUT2D eigenvalue weighted by Crippen LogP contribution is 2.25. The number of hydrogen-bond donors (Lipinski definition) is 1. The maximum absolute atomic E-state index is 14.2. The van der Waals surface area contributed by atoms with Crippen molar-refractivity contribution in [1.82, 2.24) is 5.32 Å². The summed E-state index contributed by atoms with van der Waals surface area (Å²) in [6.07, 6.45) is 1.18. The molecule has 0 aliphatic rings. The van der Waals surface area contributed by atoms with Crippen molar-refractivity contribution < 1.29 is 17.6 Å². The lowest BCUT2D eigenvalue weighted by Crippen LogP contribution is -2.49. The maximum atomic E-state index is 14.2. The van der Waals surface area contributed by atoms with Crippen LogP contribution in [0.25, 0.3) is 0 Å². The number of amides is 1. The van der Waals surface area contributed by atoms with E-state index in [1.165, 1.54) is 24.3 Å². The molecule has 2 aromatic rings. The van der Waals surface area contributed by atoms with Crippen LogP contribution in [0.2, 0.25) is 0 Å². The Labute approximate surface area is 153 Å². The van der Waals surface area contributed by atoms with E-state index in [9.17, 15) is 17.6 Å². The fraction of sp³-hybridized carbons (Fsp3) is 0.316. The quantitative estimate of drug-likeness (QED) is 0.805. The summed E-state index contributed by atoms with van der Waals surface area (Å²) in [5.74, 6) is -1.16. The third-order valence-corrected chi connectivity index (χ3v) is 5.13. The predicted octanol–water partition coefficient (Wildman–Crippen LogP) is 3.00. The molecule has 1 atom stereocenters. The van der Waals surface area contributed by atoms with Gasteiger partial charge in [0, 0.05) is 6.54 Å². The molecule has 0 radical (unpaired) electrons. The molecule has 7 heteroatoms. The number of benzene rings is 2. The van der Waals surface area contributed by atoms with Gasteiger partial charge in [0.25, 0.3) is 0 Å². The standard InChI is InChI=1S/C19H23FN2O3S/c1-4-17(19(23)21-13-15-9-7-8-14(2)12-15)22(26(3,24)25)18-11-6-5-10-16(18)20/h5-12,17H,4,13H2,1-3H3,(H,21,23)/t17-/m1/s1. The van der Waals surface area contributed by atoms with Crippen molar-refractivity contribution in [3.05, 3.63) is 65.5 Å². The molecular formula is C19H23FN2O3S. The lowest BCUT2D eigenvalue weighted by atomic mass is 10.1. The lowest BCUT2D eigenvalue weighted by molar-refractivity contribution is -0.122. The van der Waals surface area contributed by atoms with Gasteiger partial charge < -0.3 is 5.32 Å². The number of aryl methyl sites for hydroxylation is 1. The van der Waals surface area contributed by atoms with Crippen LogP contribution in [0.1, 0.15) is 24.5 Å². The molecular weight excluding hydrogens is 355 g/mol. The first-order valence-corrected chi connectivity index (χ1v) is 10.2. The topological polar surface area (TPSA) is 66.5 Å². The van der Waals surface area contributed by atoms with E-state index in [0.29, 0.717) is 0 Å². The second-order valence-corrected chi connectivity index (χ2v) is 8.00. The molecule has 1 N–H and O–H groups in total. The molecule has 5 nitrogen and oxygen atoms in total. The van der Waals surface area contributed by atoms with Crippen LogP contribution in [-0.2, 0) is 21.4 Å². The van der Waals surface area contributed by atoms with E-state index >= 15 is 0 Å². The Bertz CT molecular complexity index is 884. The van der Waals surface area contributed by atoms with Crippen LogP contribution in [0.4, 0.5) is 10.1 Å². The highest BCUT2D eigenvalue weighted by Gasteiger charge is 2.32. The molecule has 0 fully saturated rings. The molecule has 0 heterocycles. The number of sulfonamides is 1. The Morgan fingerprint density at radius 1 is 1.19 bits per heavy atom. The van der Waals surface area contributed by atoms with Crippen molar-refractivity contribution in [1.29, 1.82) is 0 Å². The number of carbonyl (C=O) groups is 1. The summed E-state index contributed by atoms with van der Waals surface area (Å²) >= 11 is 0. The molecule has 2 aromatic carbocycles. The van der Waals surface area contributed by atoms with Crippen LogP contribution in [-0.4, -0.2) is 26.6 Å². The van der Waals surface area contributed by atoms with Gasteiger partial charge in [-0.3, -0.25) is 9.10 Å². The van der Waals surface area contributed by atoms with Gasteiger partial charge in [0.2, 0.25) is 15.9 Å². The molecule has 0 unspecified atom stereocenters. The van der Waals surface area contributed by atoms with Gasteiger partial charge in [-0.15, -0.1) is 0 Å². The molecule has 0 spiro atoms. The zero-order chi connectivity index (χ0) is 19.3. The molecule has 0 aliphatic carbocycles. The van der Waals surface area contributed by atoms with Gasteiger partial charge in [-0.2, -0.15) is 0 Å². The molecule has 2 rings (SSSR count). The summed E-state index contributed by atoms with van der Waals surface area (Å²) in [6, 6.07) is 12.1. The van der Waals surface area contributed by atoms with Crippen LogP contribution in [0.3, 0.4) is 0 Å². The van der Waals surface area contributed by atoms with E-state index in [4.69, 9.17) is 0 Å². The van der Waals surface area contributed by atoms with Gasteiger partial charge in [0.15, 0.2) is 0 Å². The van der Waals surface area contributed by atoms with Gasteiger partial charge in [0.1, 0.15) is 11.9 Å². The predicted molar refractivity (Wildman–Crippen MR) is 101 cm³/mol. The summed E-state index contributed by atoms with van der Waals surface area (Å²) in [7, 11) is -3.85. The number of nitrogens with zero attached hydrogens (tertiary/aromatic N) is 1. The first kappa shape index (κ1) is 19.9. The molecule has 26 heavy (non-hydrogen) atoms. The summed E-state index contributed by atoms with van der Waals surface area (Å²) in [4.78, 5) is 12.7. The number of nitrogens with one attached hydrogen (secondary N) is 1. The number of rotatable bonds is 7. The van der Waals surface area contributed by atoms with E-state index in [1.54, 1.807) is 6.92 Å². The second kappa shape index (κ2) is 8.31. The Balaban J connectivity index is 2.27. The second-order valence-electron chi connectivity index (χ2n) is 6.14. The number of halogens is 1. The highest BCUT2D eigenvalue weighted by atomic mass is 32.2. The normalized spacial score (nSPS) is 12.5. The van der Waals surface area contributed by atoms with Gasteiger partial charge >= 0.3 is 0 Å². The molecule has 1 amide bonds. The van der Waals surface area contributed by atoms with Crippen LogP contribution >= 0.6 is 0 Å². The van der Waals surface area contributed by atoms with Crippen molar-refractivity contribution in [2.24, 2.45) is 0 Å². The summed E-state index contributed by atoms with van der Waals surface area (Å²) < 4.78 is 39.6. The van der Waals surface area contributed by atoms with Crippen LogP contribution in [0.15, 0.2) is 48.5 Å². The van der Waals surface area contributed by atoms with Crippen LogP contribution < -0.4 is 9.62 Å². The van der Waals surface area contributed by atoms with Gasteiger partial charge in [-0.25, -0.2) is 12.8 Å². The fourth-order valence-corrected chi connectivity index (χ4v) is 4.01. The van der Waals surface area contributed by atoms with E-state index in [0.717, 1.165) is 21.7 Å². The lowest BCUT2D eigenvalue weighted by Gasteiger charge is -2.30. The third-order valence-electron chi connectivity index (χ3n) is 3.97. The van der Waals surface area contributed by atoms with E-state index in [2.05, 4.69) is 5.32 Å². The SMILES string of the molecule is CC[C@H](C(=O)NCc1cccc(C)c1)N(c1ccccc1F)S(C)(=O)=O. The van der Waals surface area contributed by atoms with E-state index in [-0.39, 0.29) is 18.7 Å². The zero-order valence-electron chi connectivity index (χ0n) is 15.1. The van der Waals surface area contributed by atoms with Crippen molar-refractivity contribution >= 4 is 21.6 Å². The number of carbonyl (C=O) groups excluding carboxylic acids is 1. The van der Waals surface area contributed by atoms with Crippen molar-refractivity contribution in [3.63, 3.8) is 0 Å². The number of hydrogen-bond acceptors (Lipinski definition) is 3. The van der Waals surface area contributed by atoms with Gasteiger partial charge in [-0.05, 0) is 31.0 Å². The Morgan fingerprint density at radius 3 is 2.46 bits per heavy atom. The number of anilines is 1. The molecule has 0 aromatic heterocycles. The smallest absolute Gasteiger partial charge is 0.244 e. The number of para-hydroxylation sites is 1. The van der Waals surface area contributed by atoms with Gasteiger partial charge in [-0.1, -0.05) is 48.9 Å². The Kier molecular flexibility index (Phi) is 6.37. The highest BCUT2D eigenvalue weighted by molar-refractivity contribution is 7.92. The summed E-state index contributed by atoms with van der Waals surface area (Å²) in [5, 5.41) is 2.75. The van der Waals surface area contributed by atoms with Crippen molar-refractivity contribution in [3.8, 4) is 0 Å². The average Bonchev–Trinajstić information content (AvgIpc) is 2.57. The minimum atomic E-state index is -3.85. The fourth-order valence-electron chi connectivity index (χ4n) is 2.79. The minimum Gasteiger partial charge on any atom is -0.350 e. The minimum absolute atomic E-state index is 0.132. The first-order valence-electron chi connectivity index (χ1n) is 8.31. The molecule has 0 bridgehead atoms. The maximum Gasteiger partial charge on any atom is 0.244 e. The van der Waals surface area contributed by atoms with E-state index in [1.807, 2.05) is 31.2 Å². The Morgan fingerprint density at radius 2 is 1.88 bits per heavy atom. The third kappa shape index (κ3) is 4.82. The van der Waals surface area contributed by atoms with Crippen molar-refractivity contribution in [2.75, 3.05) is 10.6 Å². The molecule has 0 saturated carbocycles. The van der Waals surface area contributed by atoms with Crippen LogP contribution in [0.5, 0.6) is 0 Å². The monoisotopic (exact) mass is 378 g/mol. The average molecular weight is 378 g/mol. The zero-order valence-corrected chi connectivity index (χ0v) is 15.9. The largest absolute Gasteiger partial charge is 0.350 e. The molecule has 0 aliphatic heterocycles. The first-order chi connectivity index (χ1) is 12.2. The molecule has 140 valence electrons. The Hall–Kier alpha value is -2.41.